The molecular weight excluding hydrogens is 160 g/mol. The lowest BCUT2D eigenvalue weighted by molar-refractivity contribution is -0.0444. The molecule has 0 unspecified atom stereocenters. The first-order valence-electron chi connectivity index (χ1n) is 3.81. The van der Waals surface area contributed by atoms with Gasteiger partial charge in [0.2, 0.25) is 0 Å². The molecule has 0 aliphatic carbocycles. The molecule has 1 aromatic rings. The molecule has 0 amide bonds. The Morgan fingerprint density at radius 3 is 2.75 bits per heavy atom. The van der Waals surface area contributed by atoms with Crippen molar-refractivity contribution in [1.29, 1.82) is 0 Å². The lowest BCUT2D eigenvalue weighted by Crippen LogP contribution is -1.95. The zero-order valence-electron chi connectivity index (χ0n) is 6.53. The fraction of sp³-hybridized carbons (Fsp3) is 0.500. The summed E-state index contributed by atoms with van der Waals surface area (Å²) in [4.78, 5) is 0. The van der Waals surface area contributed by atoms with E-state index in [1.165, 1.54) is 0 Å². The van der Waals surface area contributed by atoms with Crippen molar-refractivity contribution in [3.05, 3.63) is 23.7 Å². The minimum Gasteiger partial charge on any atom is -0.466 e. The van der Waals surface area contributed by atoms with E-state index in [2.05, 4.69) is 0 Å². The molecule has 0 atom stereocenters. The Morgan fingerprint density at radius 1 is 1.42 bits per heavy atom. The van der Waals surface area contributed by atoms with Gasteiger partial charge in [-0.25, -0.2) is 0 Å². The third-order valence-corrected chi connectivity index (χ3v) is 1.72. The van der Waals surface area contributed by atoms with Gasteiger partial charge in [-0.2, -0.15) is 0 Å². The lowest BCUT2D eigenvalue weighted by atomic mass is 10.3. The summed E-state index contributed by atoms with van der Waals surface area (Å²) >= 11 is 0. The van der Waals surface area contributed by atoms with Crippen LogP contribution in [0.4, 0.5) is 0 Å². The summed E-state index contributed by atoms with van der Waals surface area (Å²) in [5.74, 6) is 0.532. The van der Waals surface area contributed by atoms with Gasteiger partial charge in [-0.3, -0.25) is 0 Å². The predicted molar refractivity (Wildman–Crippen MR) is 39.3 cm³/mol. The smallest absolute Gasteiger partial charge is 0.187 e. The summed E-state index contributed by atoms with van der Waals surface area (Å²) in [6.45, 7) is 1.14. The predicted octanol–water partition coefficient (Wildman–Crippen LogP) is 0.817. The van der Waals surface area contributed by atoms with Gasteiger partial charge >= 0.3 is 0 Å². The number of aliphatic hydroxyl groups excluding tert-OH is 1. The maximum absolute atomic E-state index is 8.72. The summed E-state index contributed by atoms with van der Waals surface area (Å²) in [6, 6.07) is 1.73. The van der Waals surface area contributed by atoms with Crippen LogP contribution in [0.3, 0.4) is 0 Å². The van der Waals surface area contributed by atoms with Crippen molar-refractivity contribution >= 4 is 0 Å². The Balaban J connectivity index is 2.11. The van der Waals surface area contributed by atoms with Crippen LogP contribution in [0.1, 0.15) is 17.6 Å². The summed E-state index contributed by atoms with van der Waals surface area (Å²) in [6.07, 6.45) is 1.23. The molecule has 12 heavy (non-hydrogen) atoms. The number of hydrogen-bond donors (Lipinski definition) is 1. The van der Waals surface area contributed by atoms with Gasteiger partial charge in [-0.05, 0) is 6.07 Å². The maximum atomic E-state index is 8.72. The molecule has 1 fully saturated rings. The summed E-state index contributed by atoms with van der Waals surface area (Å²) in [5, 5.41) is 8.72. The van der Waals surface area contributed by atoms with E-state index in [0.717, 1.165) is 5.56 Å². The molecule has 1 N–H and O–H groups in total. The molecule has 1 saturated heterocycles. The highest BCUT2D eigenvalue weighted by molar-refractivity contribution is 5.14. The third kappa shape index (κ3) is 1.36. The number of rotatable bonds is 2. The third-order valence-electron chi connectivity index (χ3n) is 1.72. The van der Waals surface area contributed by atoms with Gasteiger partial charge in [-0.15, -0.1) is 0 Å². The van der Waals surface area contributed by atoms with E-state index in [0.29, 0.717) is 19.0 Å². The van der Waals surface area contributed by atoms with Crippen LogP contribution in [0, 0.1) is 0 Å². The number of ether oxygens (including phenoxy) is 2. The van der Waals surface area contributed by atoms with Gasteiger partial charge in [-0.1, -0.05) is 0 Å². The van der Waals surface area contributed by atoms with E-state index in [4.69, 9.17) is 19.0 Å². The molecule has 4 nitrogen and oxygen atoms in total. The van der Waals surface area contributed by atoms with Crippen molar-refractivity contribution in [1.82, 2.24) is 0 Å². The van der Waals surface area contributed by atoms with Crippen molar-refractivity contribution in [2.45, 2.75) is 12.9 Å². The lowest BCUT2D eigenvalue weighted by Gasteiger charge is -2.03. The molecule has 1 aromatic heterocycles. The van der Waals surface area contributed by atoms with Gasteiger partial charge < -0.3 is 19.0 Å². The van der Waals surface area contributed by atoms with Crippen LogP contribution >= 0.6 is 0 Å². The van der Waals surface area contributed by atoms with Crippen LogP contribution in [0.25, 0.3) is 0 Å². The van der Waals surface area contributed by atoms with E-state index < -0.39 is 0 Å². The van der Waals surface area contributed by atoms with Crippen LogP contribution in [-0.2, 0) is 16.1 Å². The SMILES string of the molecule is OCc1cc(C2OCCO2)co1. The van der Waals surface area contributed by atoms with E-state index in [1.807, 2.05) is 0 Å². The molecule has 0 spiro atoms. The molecule has 1 aliphatic rings. The van der Waals surface area contributed by atoms with Gasteiger partial charge in [0.1, 0.15) is 12.4 Å². The second-order valence-corrected chi connectivity index (χ2v) is 2.58. The standard InChI is InChI=1S/C8H10O4/c9-4-7-3-6(5-12-7)8-10-1-2-11-8/h3,5,8-9H,1-2,4H2. The molecule has 4 heteroatoms. The summed E-state index contributed by atoms with van der Waals surface area (Å²) in [5.41, 5.74) is 0.830. The molecule has 66 valence electrons. The highest BCUT2D eigenvalue weighted by Gasteiger charge is 2.19. The first-order chi connectivity index (χ1) is 5.90. The maximum Gasteiger partial charge on any atom is 0.187 e. The first kappa shape index (κ1) is 7.79. The number of hydrogen-bond acceptors (Lipinski definition) is 4. The van der Waals surface area contributed by atoms with Crippen molar-refractivity contribution < 1.29 is 19.0 Å². The molecule has 0 bridgehead atoms. The van der Waals surface area contributed by atoms with E-state index in [9.17, 15) is 0 Å². The Morgan fingerprint density at radius 2 is 2.17 bits per heavy atom. The van der Waals surface area contributed by atoms with Crippen LogP contribution in [0.2, 0.25) is 0 Å². The van der Waals surface area contributed by atoms with Crippen molar-refractivity contribution in [2.75, 3.05) is 13.2 Å². The quantitative estimate of drug-likeness (QED) is 0.713. The number of furan rings is 1. The highest BCUT2D eigenvalue weighted by Crippen LogP contribution is 2.24. The second-order valence-electron chi connectivity index (χ2n) is 2.58. The first-order valence-corrected chi connectivity index (χ1v) is 3.81. The molecule has 1 aliphatic heterocycles. The largest absolute Gasteiger partial charge is 0.466 e. The van der Waals surface area contributed by atoms with Crippen LogP contribution < -0.4 is 0 Å². The zero-order chi connectivity index (χ0) is 8.39. The fourth-order valence-corrected chi connectivity index (χ4v) is 1.16. The van der Waals surface area contributed by atoms with Crippen molar-refractivity contribution in [2.24, 2.45) is 0 Å². The van der Waals surface area contributed by atoms with Gasteiger partial charge in [0.05, 0.1) is 19.5 Å². The van der Waals surface area contributed by atoms with Crippen LogP contribution in [-0.4, -0.2) is 18.3 Å². The van der Waals surface area contributed by atoms with E-state index in [1.54, 1.807) is 12.3 Å². The number of aliphatic hydroxyl groups is 1. The Hall–Kier alpha value is -0.840. The van der Waals surface area contributed by atoms with Crippen molar-refractivity contribution in [3.63, 3.8) is 0 Å². The summed E-state index contributed by atoms with van der Waals surface area (Å²) < 4.78 is 15.5. The Kier molecular flexibility index (Phi) is 2.12. The second kappa shape index (κ2) is 3.26. The monoisotopic (exact) mass is 170 g/mol. The van der Waals surface area contributed by atoms with Gasteiger partial charge in [0.15, 0.2) is 6.29 Å². The minimum absolute atomic E-state index is 0.0906. The molecule has 0 radical (unpaired) electrons. The normalized spacial score (nSPS) is 18.8. The Bertz CT molecular complexity index is 249. The fourth-order valence-electron chi connectivity index (χ4n) is 1.16. The van der Waals surface area contributed by atoms with E-state index >= 15 is 0 Å². The topological polar surface area (TPSA) is 51.8 Å². The molecule has 2 rings (SSSR count). The minimum atomic E-state index is -0.311. The molecule has 0 aromatic carbocycles. The van der Waals surface area contributed by atoms with Gasteiger partial charge in [0, 0.05) is 5.56 Å². The van der Waals surface area contributed by atoms with Crippen LogP contribution in [0.15, 0.2) is 16.7 Å². The molecule has 2 heterocycles. The average molecular weight is 170 g/mol. The molecule has 0 saturated carbocycles. The summed E-state index contributed by atoms with van der Waals surface area (Å²) in [7, 11) is 0. The average Bonchev–Trinajstić information content (AvgIpc) is 2.75. The zero-order valence-corrected chi connectivity index (χ0v) is 6.53. The van der Waals surface area contributed by atoms with E-state index in [-0.39, 0.29) is 12.9 Å². The highest BCUT2D eigenvalue weighted by atomic mass is 16.7. The Labute approximate surface area is 69.7 Å². The van der Waals surface area contributed by atoms with Crippen LogP contribution in [0.5, 0.6) is 0 Å². The van der Waals surface area contributed by atoms with Gasteiger partial charge in [0.25, 0.3) is 0 Å². The molecular formula is C8H10O4. The van der Waals surface area contributed by atoms with Crippen molar-refractivity contribution in [3.8, 4) is 0 Å².